The van der Waals surface area contributed by atoms with Crippen LogP contribution in [0.2, 0.25) is 0 Å². The van der Waals surface area contributed by atoms with Gasteiger partial charge in [0.25, 0.3) is 0 Å². The predicted molar refractivity (Wildman–Crippen MR) is 263 cm³/mol. The Kier molecular flexibility index (Phi) is 9.40. The molecule has 11 rings (SSSR count). The molecule has 0 aliphatic heterocycles. The molecule has 2 nitrogen and oxygen atoms in total. The van der Waals surface area contributed by atoms with E-state index in [1.165, 1.54) is 71.6 Å². The molecule has 1 heterocycles. The second-order valence-corrected chi connectivity index (χ2v) is 16.5. The third-order valence-electron chi connectivity index (χ3n) is 12.4. The van der Waals surface area contributed by atoms with Crippen LogP contribution in [0, 0.1) is 0 Å². The van der Waals surface area contributed by atoms with Crippen molar-refractivity contribution in [2.45, 2.75) is 19.8 Å². The van der Waals surface area contributed by atoms with Gasteiger partial charge in [-0.2, -0.15) is 0 Å². The number of hydrogen-bond acceptors (Lipinski definition) is 1. The van der Waals surface area contributed by atoms with Crippen LogP contribution in [0.4, 0.5) is 0 Å². The van der Waals surface area contributed by atoms with E-state index in [4.69, 9.17) is 4.98 Å². The Balaban J connectivity index is 1.03. The third kappa shape index (κ3) is 6.67. The Hall–Kier alpha value is -7.81. The first kappa shape index (κ1) is 37.2. The van der Waals surface area contributed by atoms with Crippen LogP contribution in [0.3, 0.4) is 0 Å². The monoisotopic (exact) mass is 792 g/mol. The summed E-state index contributed by atoms with van der Waals surface area (Å²) < 4.78 is 2.26. The first-order valence-electron chi connectivity index (χ1n) is 21.6. The summed E-state index contributed by atoms with van der Waals surface area (Å²) in [4.78, 5) is 5.22. The van der Waals surface area contributed by atoms with Gasteiger partial charge >= 0.3 is 0 Å². The van der Waals surface area contributed by atoms with Gasteiger partial charge in [0.05, 0.1) is 11.0 Å². The lowest BCUT2D eigenvalue weighted by Crippen LogP contribution is -1.97. The smallest absolute Gasteiger partial charge is 0.145 e. The van der Waals surface area contributed by atoms with Crippen molar-refractivity contribution in [3.63, 3.8) is 0 Å². The number of benzene rings is 10. The minimum atomic E-state index is 0.495. The van der Waals surface area contributed by atoms with E-state index in [1.807, 2.05) is 6.07 Å². The van der Waals surface area contributed by atoms with Gasteiger partial charge in [-0.1, -0.05) is 202 Å². The van der Waals surface area contributed by atoms with Gasteiger partial charge in [-0.15, -0.1) is 0 Å². The van der Waals surface area contributed by atoms with Crippen LogP contribution in [0.1, 0.15) is 25.3 Å². The number of fused-ring (bicyclic) bond motifs is 3. The van der Waals surface area contributed by atoms with Crippen LogP contribution < -0.4 is 0 Å². The van der Waals surface area contributed by atoms with Gasteiger partial charge in [0.2, 0.25) is 0 Å². The maximum Gasteiger partial charge on any atom is 0.145 e. The standard InChI is InChI=1S/C60H44N2/c1-40(2)41-23-25-42(26-24-41)48-31-34-52-54(37-48)58(45-15-7-3-8-16-45)53-35-32-49(38-55(53)59(52)46-17-9-4-10-18-46)43-27-29-44(30-28-43)50-33-36-57-56(39-50)61-60(47-19-11-5-12-20-47)62(57)51-21-13-6-14-22-51/h3-40H,1-2H3. The summed E-state index contributed by atoms with van der Waals surface area (Å²) in [6.45, 7) is 4.50. The minimum absolute atomic E-state index is 0.495. The SMILES string of the molecule is CC(C)c1ccc(-c2ccc3c(-c4ccccc4)c4cc(-c5ccc(-c6ccc7c(c6)nc(-c6ccccc6)n7-c6ccccc6)cc5)ccc4c(-c4ccccc4)c3c2)cc1. The molecule has 11 aromatic rings. The Morgan fingerprint density at radius 1 is 0.339 bits per heavy atom. The highest BCUT2D eigenvalue weighted by molar-refractivity contribution is 6.22. The number of imidazole rings is 1. The van der Waals surface area contributed by atoms with E-state index in [0.717, 1.165) is 39.2 Å². The van der Waals surface area contributed by atoms with Crippen molar-refractivity contribution in [1.82, 2.24) is 9.55 Å². The first-order valence-corrected chi connectivity index (χ1v) is 21.6. The van der Waals surface area contributed by atoms with Gasteiger partial charge in [0.1, 0.15) is 5.82 Å². The maximum absolute atomic E-state index is 5.22. The third-order valence-corrected chi connectivity index (χ3v) is 12.4. The summed E-state index contributed by atoms with van der Waals surface area (Å²) in [5.74, 6) is 1.43. The number of para-hydroxylation sites is 1. The average Bonchev–Trinajstić information content (AvgIpc) is 3.73. The van der Waals surface area contributed by atoms with Crippen LogP contribution in [-0.2, 0) is 0 Å². The molecule has 0 bridgehead atoms. The van der Waals surface area contributed by atoms with Crippen LogP contribution in [0.15, 0.2) is 224 Å². The van der Waals surface area contributed by atoms with Crippen molar-refractivity contribution in [2.75, 3.05) is 0 Å². The first-order chi connectivity index (χ1) is 30.6. The van der Waals surface area contributed by atoms with E-state index in [2.05, 4.69) is 237 Å². The molecular weight excluding hydrogens is 749 g/mol. The molecule has 0 saturated heterocycles. The molecule has 0 aliphatic carbocycles. The molecule has 0 aliphatic rings. The topological polar surface area (TPSA) is 17.8 Å². The Morgan fingerprint density at radius 3 is 1.23 bits per heavy atom. The van der Waals surface area contributed by atoms with Gasteiger partial charge in [-0.3, -0.25) is 4.57 Å². The molecule has 10 aromatic carbocycles. The zero-order valence-electron chi connectivity index (χ0n) is 34.8. The summed E-state index contributed by atoms with van der Waals surface area (Å²) >= 11 is 0. The van der Waals surface area contributed by atoms with Gasteiger partial charge in [0, 0.05) is 11.3 Å². The molecule has 0 amide bonds. The molecule has 0 fully saturated rings. The van der Waals surface area contributed by atoms with E-state index in [1.54, 1.807) is 0 Å². The van der Waals surface area contributed by atoms with Crippen LogP contribution >= 0.6 is 0 Å². The van der Waals surface area contributed by atoms with Crippen molar-refractivity contribution < 1.29 is 0 Å². The van der Waals surface area contributed by atoms with Crippen LogP contribution in [-0.4, -0.2) is 9.55 Å². The number of aromatic nitrogens is 2. The Morgan fingerprint density at radius 2 is 0.742 bits per heavy atom. The summed E-state index contributed by atoms with van der Waals surface area (Å²) in [5, 5.41) is 4.99. The molecule has 62 heavy (non-hydrogen) atoms. The van der Waals surface area contributed by atoms with Gasteiger partial charge in [0.15, 0.2) is 0 Å². The zero-order chi connectivity index (χ0) is 41.6. The lowest BCUT2D eigenvalue weighted by molar-refractivity contribution is 0.867. The molecule has 0 spiro atoms. The molecule has 0 atom stereocenters. The molecular formula is C60H44N2. The molecule has 1 aromatic heterocycles. The molecule has 0 unspecified atom stereocenters. The van der Waals surface area contributed by atoms with Crippen LogP contribution in [0.5, 0.6) is 0 Å². The van der Waals surface area contributed by atoms with Crippen molar-refractivity contribution in [3.05, 3.63) is 230 Å². The molecule has 294 valence electrons. The highest BCUT2D eigenvalue weighted by Gasteiger charge is 2.19. The lowest BCUT2D eigenvalue weighted by Gasteiger charge is -2.20. The number of hydrogen-bond donors (Lipinski definition) is 0. The average molecular weight is 793 g/mol. The maximum atomic E-state index is 5.22. The largest absolute Gasteiger partial charge is 0.292 e. The fourth-order valence-electron chi connectivity index (χ4n) is 9.21. The highest BCUT2D eigenvalue weighted by Crippen LogP contribution is 2.46. The molecule has 0 radical (unpaired) electrons. The molecule has 0 N–H and O–H groups in total. The van der Waals surface area contributed by atoms with Crippen molar-refractivity contribution >= 4 is 32.6 Å². The van der Waals surface area contributed by atoms with Gasteiger partial charge < -0.3 is 0 Å². The second kappa shape index (κ2) is 15.7. The Bertz CT molecular complexity index is 3370. The summed E-state index contributed by atoms with van der Waals surface area (Å²) in [6.07, 6.45) is 0. The van der Waals surface area contributed by atoms with E-state index in [-0.39, 0.29) is 0 Å². The van der Waals surface area contributed by atoms with Crippen molar-refractivity contribution in [1.29, 1.82) is 0 Å². The van der Waals surface area contributed by atoms with E-state index in [0.29, 0.717) is 5.92 Å². The zero-order valence-corrected chi connectivity index (χ0v) is 34.8. The quantitative estimate of drug-likeness (QED) is 0.140. The minimum Gasteiger partial charge on any atom is -0.292 e. The number of nitrogens with zero attached hydrogens (tertiary/aromatic N) is 2. The van der Waals surface area contributed by atoms with Gasteiger partial charge in [-0.05, 0) is 125 Å². The van der Waals surface area contributed by atoms with E-state index in [9.17, 15) is 0 Å². The predicted octanol–water partition coefficient (Wildman–Crippen LogP) is 16.5. The number of rotatable bonds is 8. The second-order valence-electron chi connectivity index (χ2n) is 16.5. The molecule has 2 heteroatoms. The van der Waals surface area contributed by atoms with Gasteiger partial charge in [-0.25, -0.2) is 4.98 Å². The van der Waals surface area contributed by atoms with E-state index < -0.39 is 0 Å². The highest BCUT2D eigenvalue weighted by atomic mass is 15.1. The molecule has 0 saturated carbocycles. The van der Waals surface area contributed by atoms with Crippen molar-refractivity contribution in [3.8, 4) is 72.7 Å². The fourth-order valence-corrected chi connectivity index (χ4v) is 9.21. The fraction of sp³-hybridized carbons (Fsp3) is 0.0500. The van der Waals surface area contributed by atoms with E-state index >= 15 is 0 Å². The van der Waals surface area contributed by atoms with Crippen LogP contribution in [0.25, 0.3) is 105 Å². The summed E-state index contributed by atoms with van der Waals surface area (Å²) in [5.41, 5.74) is 17.7. The lowest BCUT2D eigenvalue weighted by atomic mass is 9.84. The normalized spacial score (nSPS) is 11.5. The summed E-state index contributed by atoms with van der Waals surface area (Å²) in [6, 6.07) is 81.6. The summed E-state index contributed by atoms with van der Waals surface area (Å²) in [7, 11) is 0. The van der Waals surface area contributed by atoms with Crippen molar-refractivity contribution in [2.24, 2.45) is 0 Å². The Labute approximate surface area is 363 Å².